The normalized spacial score (nSPS) is 22.2. The molecule has 0 bridgehead atoms. The smallest absolute Gasteiger partial charge is 0.129 e. The molecular formula is C24H28N2O2. The Morgan fingerprint density at radius 2 is 1.07 bits per heavy atom. The third-order valence-electron chi connectivity index (χ3n) is 5.14. The van der Waals surface area contributed by atoms with Crippen molar-refractivity contribution in [2.24, 2.45) is 10.2 Å². The molecule has 0 N–H and O–H groups in total. The molecule has 2 aliphatic heterocycles. The Balaban J connectivity index is 1.81. The summed E-state index contributed by atoms with van der Waals surface area (Å²) in [5, 5.41) is 9.50. The van der Waals surface area contributed by atoms with Gasteiger partial charge in [-0.05, 0) is 65.8 Å². The van der Waals surface area contributed by atoms with E-state index < -0.39 is 0 Å². The lowest BCUT2D eigenvalue weighted by molar-refractivity contribution is 0.110. The number of hydrogen-bond donors (Lipinski definition) is 0. The van der Waals surface area contributed by atoms with Gasteiger partial charge in [-0.25, -0.2) is 0 Å². The van der Waals surface area contributed by atoms with Crippen LogP contribution in [0.25, 0.3) is 0 Å². The molecule has 2 aromatic rings. The van der Waals surface area contributed by atoms with Gasteiger partial charge in [0.15, 0.2) is 0 Å². The molecule has 0 fully saturated rings. The van der Waals surface area contributed by atoms with E-state index in [-0.39, 0.29) is 11.2 Å². The highest BCUT2D eigenvalue weighted by Crippen LogP contribution is 2.36. The van der Waals surface area contributed by atoms with Crippen LogP contribution in [0.1, 0.15) is 62.8 Å². The number of hydrogen-bond acceptors (Lipinski definition) is 4. The predicted octanol–water partition coefficient (Wildman–Crippen LogP) is 5.62. The van der Waals surface area contributed by atoms with Gasteiger partial charge in [-0.2, -0.15) is 10.2 Å². The van der Waals surface area contributed by atoms with E-state index in [1.54, 1.807) is 0 Å². The van der Waals surface area contributed by atoms with Crippen molar-refractivity contribution in [2.75, 3.05) is 0 Å². The minimum absolute atomic E-state index is 0.301. The van der Waals surface area contributed by atoms with Crippen molar-refractivity contribution in [1.82, 2.24) is 0 Å². The standard InChI is InChI=1S/C24H28N2O2/c1-15-7-9-21-17(11-15)19(13-23(3,4)27-21)25-26-20-14-24(5,6)28-22-10-8-16(2)12-18(20)22/h7-12H,13-14H2,1-6H3. The van der Waals surface area contributed by atoms with Gasteiger partial charge in [0.2, 0.25) is 0 Å². The van der Waals surface area contributed by atoms with Crippen LogP contribution in [0, 0.1) is 13.8 Å². The number of nitrogens with zero attached hydrogens (tertiary/aromatic N) is 2. The van der Waals surface area contributed by atoms with Crippen molar-refractivity contribution in [3.05, 3.63) is 58.7 Å². The van der Waals surface area contributed by atoms with Gasteiger partial charge >= 0.3 is 0 Å². The first-order valence-electron chi connectivity index (χ1n) is 9.85. The maximum atomic E-state index is 6.15. The molecule has 146 valence electrons. The first-order valence-corrected chi connectivity index (χ1v) is 9.85. The molecule has 0 spiro atoms. The summed E-state index contributed by atoms with van der Waals surface area (Å²) in [6, 6.07) is 12.5. The van der Waals surface area contributed by atoms with Crippen LogP contribution in [-0.4, -0.2) is 22.6 Å². The van der Waals surface area contributed by atoms with E-state index in [0.717, 1.165) is 46.9 Å². The van der Waals surface area contributed by atoms with Crippen LogP contribution in [0.5, 0.6) is 11.5 Å². The molecule has 0 amide bonds. The van der Waals surface area contributed by atoms with Crippen molar-refractivity contribution in [1.29, 1.82) is 0 Å². The summed E-state index contributed by atoms with van der Waals surface area (Å²) in [7, 11) is 0. The summed E-state index contributed by atoms with van der Waals surface area (Å²) in [5.74, 6) is 1.76. The second-order valence-electron chi connectivity index (χ2n) is 9.17. The van der Waals surface area contributed by atoms with E-state index in [1.807, 2.05) is 12.1 Å². The van der Waals surface area contributed by atoms with Crippen LogP contribution in [0.15, 0.2) is 46.6 Å². The lowest BCUT2D eigenvalue weighted by atomic mass is 9.91. The first kappa shape index (κ1) is 18.7. The molecule has 0 saturated carbocycles. The Bertz CT molecular complexity index is 918. The summed E-state index contributed by atoms with van der Waals surface area (Å²) in [5.41, 5.74) is 5.81. The SMILES string of the molecule is Cc1ccc2c(c1)C(=NN=C1CC(C)(C)Oc3ccc(C)cc31)CC(C)(C)O2. The van der Waals surface area contributed by atoms with Gasteiger partial charge in [-0.1, -0.05) is 23.3 Å². The highest BCUT2D eigenvalue weighted by Gasteiger charge is 2.33. The van der Waals surface area contributed by atoms with Crippen LogP contribution in [-0.2, 0) is 0 Å². The van der Waals surface area contributed by atoms with Gasteiger partial charge < -0.3 is 9.47 Å². The van der Waals surface area contributed by atoms with Crippen LogP contribution >= 0.6 is 0 Å². The van der Waals surface area contributed by atoms with Gasteiger partial charge in [-0.3, -0.25) is 0 Å². The molecule has 0 aliphatic carbocycles. The molecule has 4 rings (SSSR count). The molecule has 28 heavy (non-hydrogen) atoms. The Morgan fingerprint density at radius 1 is 0.679 bits per heavy atom. The van der Waals surface area contributed by atoms with Gasteiger partial charge in [0.05, 0.1) is 11.4 Å². The molecule has 0 aromatic heterocycles. The van der Waals surface area contributed by atoms with Gasteiger partial charge in [0.1, 0.15) is 22.7 Å². The van der Waals surface area contributed by atoms with E-state index in [9.17, 15) is 0 Å². The monoisotopic (exact) mass is 376 g/mol. The molecular weight excluding hydrogens is 348 g/mol. The van der Waals surface area contributed by atoms with Gasteiger partial charge in [0.25, 0.3) is 0 Å². The average Bonchev–Trinajstić information content (AvgIpc) is 2.59. The van der Waals surface area contributed by atoms with Crippen molar-refractivity contribution < 1.29 is 9.47 Å². The van der Waals surface area contributed by atoms with Crippen molar-refractivity contribution >= 4 is 11.4 Å². The van der Waals surface area contributed by atoms with Crippen molar-refractivity contribution in [2.45, 2.75) is 65.6 Å². The van der Waals surface area contributed by atoms with E-state index >= 15 is 0 Å². The van der Waals surface area contributed by atoms with Crippen molar-refractivity contribution in [3.63, 3.8) is 0 Å². The molecule has 0 saturated heterocycles. The summed E-state index contributed by atoms with van der Waals surface area (Å²) in [6.07, 6.45) is 1.45. The Kier molecular flexibility index (Phi) is 4.33. The summed E-state index contributed by atoms with van der Waals surface area (Å²) in [6.45, 7) is 12.5. The number of rotatable bonds is 1. The van der Waals surface area contributed by atoms with Crippen LogP contribution in [0.3, 0.4) is 0 Å². The fourth-order valence-corrected chi connectivity index (χ4v) is 3.88. The Morgan fingerprint density at radius 3 is 1.46 bits per heavy atom. The summed E-state index contributed by atoms with van der Waals surface area (Å²) in [4.78, 5) is 0. The summed E-state index contributed by atoms with van der Waals surface area (Å²) < 4.78 is 12.3. The molecule has 0 unspecified atom stereocenters. The Hall–Kier alpha value is -2.62. The van der Waals surface area contributed by atoms with E-state index in [2.05, 4.69) is 65.8 Å². The second kappa shape index (κ2) is 6.47. The van der Waals surface area contributed by atoms with Crippen LogP contribution < -0.4 is 9.47 Å². The minimum Gasteiger partial charge on any atom is -0.487 e. The third-order valence-corrected chi connectivity index (χ3v) is 5.14. The topological polar surface area (TPSA) is 43.2 Å². The molecule has 0 atom stereocenters. The van der Waals surface area contributed by atoms with E-state index in [0.29, 0.717) is 0 Å². The second-order valence-corrected chi connectivity index (χ2v) is 9.17. The summed E-state index contributed by atoms with van der Waals surface area (Å²) >= 11 is 0. The van der Waals surface area contributed by atoms with E-state index in [1.165, 1.54) is 11.1 Å². The fraction of sp³-hybridized carbons (Fsp3) is 0.417. The molecule has 4 nitrogen and oxygen atoms in total. The van der Waals surface area contributed by atoms with Crippen LogP contribution in [0.2, 0.25) is 0 Å². The zero-order valence-corrected chi connectivity index (χ0v) is 17.6. The average molecular weight is 377 g/mol. The van der Waals surface area contributed by atoms with Gasteiger partial charge in [0, 0.05) is 24.0 Å². The molecule has 4 heteroatoms. The zero-order chi connectivity index (χ0) is 20.1. The highest BCUT2D eigenvalue weighted by molar-refractivity contribution is 6.07. The van der Waals surface area contributed by atoms with Crippen molar-refractivity contribution in [3.8, 4) is 11.5 Å². The number of aryl methyl sites for hydroxylation is 2. The Labute approximate surface area is 167 Å². The number of ether oxygens (including phenoxy) is 2. The number of benzene rings is 2. The molecule has 2 heterocycles. The highest BCUT2D eigenvalue weighted by atomic mass is 16.5. The lowest BCUT2D eigenvalue weighted by Gasteiger charge is -2.34. The zero-order valence-electron chi connectivity index (χ0n) is 17.6. The fourth-order valence-electron chi connectivity index (χ4n) is 3.88. The molecule has 0 radical (unpaired) electrons. The molecule has 2 aliphatic rings. The maximum absolute atomic E-state index is 6.15. The molecule has 2 aromatic carbocycles. The minimum atomic E-state index is -0.301. The third kappa shape index (κ3) is 3.68. The lowest BCUT2D eigenvalue weighted by Crippen LogP contribution is -2.37. The maximum Gasteiger partial charge on any atom is 0.129 e. The number of fused-ring (bicyclic) bond motifs is 2. The largest absolute Gasteiger partial charge is 0.487 e. The quantitative estimate of drug-likeness (QED) is 0.606. The predicted molar refractivity (Wildman–Crippen MR) is 114 cm³/mol. The van der Waals surface area contributed by atoms with E-state index in [4.69, 9.17) is 19.7 Å². The van der Waals surface area contributed by atoms with Crippen LogP contribution in [0.4, 0.5) is 0 Å². The van der Waals surface area contributed by atoms with Gasteiger partial charge in [-0.15, -0.1) is 0 Å². The first-order chi connectivity index (χ1) is 13.1.